The summed E-state index contributed by atoms with van der Waals surface area (Å²) in [6.45, 7) is 1.90. The summed E-state index contributed by atoms with van der Waals surface area (Å²) >= 11 is 9.46. The molecule has 0 spiro atoms. The third-order valence-corrected chi connectivity index (χ3v) is 4.38. The van der Waals surface area contributed by atoms with Crippen LogP contribution in [-0.2, 0) is 7.05 Å². The Morgan fingerprint density at radius 1 is 1.47 bits per heavy atom. The molecule has 0 fully saturated rings. The van der Waals surface area contributed by atoms with Crippen molar-refractivity contribution in [1.82, 2.24) is 9.78 Å². The number of rotatable bonds is 2. The summed E-state index contributed by atoms with van der Waals surface area (Å²) in [5, 5.41) is 4.72. The van der Waals surface area contributed by atoms with E-state index in [1.165, 1.54) is 4.90 Å². The Kier molecular flexibility index (Phi) is 3.96. The fourth-order valence-corrected chi connectivity index (χ4v) is 2.22. The van der Waals surface area contributed by atoms with Gasteiger partial charge in [-0.15, -0.1) is 0 Å². The van der Waals surface area contributed by atoms with Gasteiger partial charge in [0.05, 0.1) is 5.02 Å². The molecule has 19 heavy (non-hydrogen) atoms. The number of aryl methyl sites for hydroxylation is 2. The number of hydrogen-bond acceptors (Lipinski definition) is 2. The van der Waals surface area contributed by atoms with Crippen molar-refractivity contribution in [2.45, 2.75) is 6.92 Å². The quantitative estimate of drug-likeness (QED) is 0.838. The first-order chi connectivity index (χ1) is 8.90. The molecule has 1 amide bonds. The van der Waals surface area contributed by atoms with E-state index in [9.17, 15) is 4.79 Å². The van der Waals surface area contributed by atoms with Crippen LogP contribution in [0, 0.1) is 6.92 Å². The minimum Gasteiger partial charge on any atom is -0.294 e. The summed E-state index contributed by atoms with van der Waals surface area (Å²) in [4.78, 5) is 13.9. The molecule has 4 nitrogen and oxygen atoms in total. The van der Waals surface area contributed by atoms with E-state index in [0.717, 1.165) is 10.0 Å². The zero-order valence-electron chi connectivity index (χ0n) is 10.8. The highest BCUT2D eigenvalue weighted by Crippen LogP contribution is 2.28. The molecular weight excluding hydrogens is 330 g/mol. The second-order valence-corrected chi connectivity index (χ2v) is 5.50. The average Bonchev–Trinajstić information content (AvgIpc) is 2.80. The van der Waals surface area contributed by atoms with Gasteiger partial charge in [0.15, 0.2) is 5.82 Å². The molecule has 1 aromatic carbocycles. The lowest BCUT2D eigenvalue weighted by Crippen LogP contribution is -2.26. The summed E-state index contributed by atoms with van der Waals surface area (Å²) in [5.41, 5.74) is 1.46. The van der Waals surface area contributed by atoms with Crippen molar-refractivity contribution in [3.8, 4) is 0 Å². The number of aromatic nitrogens is 2. The summed E-state index contributed by atoms with van der Waals surface area (Å²) in [6.07, 6.45) is 1.79. The van der Waals surface area contributed by atoms with Gasteiger partial charge in [-0.2, -0.15) is 5.10 Å². The number of hydrogen-bond donors (Lipinski definition) is 0. The maximum Gasteiger partial charge on any atom is 0.259 e. The normalized spacial score (nSPS) is 10.6. The van der Waals surface area contributed by atoms with E-state index in [2.05, 4.69) is 21.0 Å². The van der Waals surface area contributed by atoms with Crippen LogP contribution >= 0.6 is 27.5 Å². The maximum absolute atomic E-state index is 12.4. The molecule has 2 rings (SSSR count). The van der Waals surface area contributed by atoms with Crippen LogP contribution in [-0.4, -0.2) is 22.7 Å². The predicted octanol–water partition coefficient (Wildman–Crippen LogP) is 3.42. The third kappa shape index (κ3) is 2.82. The Balaban J connectivity index is 2.34. The lowest BCUT2D eigenvalue weighted by Gasteiger charge is -2.15. The monoisotopic (exact) mass is 341 g/mol. The van der Waals surface area contributed by atoms with Crippen LogP contribution in [0.2, 0.25) is 5.02 Å². The molecule has 0 N–H and O–H groups in total. The van der Waals surface area contributed by atoms with E-state index in [0.29, 0.717) is 16.4 Å². The van der Waals surface area contributed by atoms with Crippen molar-refractivity contribution in [1.29, 1.82) is 0 Å². The Bertz CT molecular complexity index is 616. The first-order valence-electron chi connectivity index (χ1n) is 5.63. The maximum atomic E-state index is 12.4. The van der Waals surface area contributed by atoms with E-state index in [1.807, 2.05) is 14.0 Å². The van der Waals surface area contributed by atoms with Crippen LogP contribution in [0.25, 0.3) is 0 Å². The average molecular weight is 343 g/mol. The first kappa shape index (κ1) is 14.1. The van der Waals surface area contributed by atoms with E-state index in [-0.39, 0.29) is 5.91 Å². The SMILES string of the molecule is Cc1cc(C(=O)N(C)c2ccn(C)n2)cc(Cl)c1Br. The Hall–Kier alpha value is -1.33. The molecular formula is C13H13BrClN3O. The first-order valence-corrected chi connectivity index (χ1v) is 6.80. The molecule has 0 atom stereocenters. The molecule has 0 aliphatic heterocycles. The van der Waals surface area contributed by atoms with E-state index >= 15 is 0 Å². The van der Waals surface area contributed by atoms with Crippen LogP contribution in [0.3, 0.4) is 0 Å². The van der Waals surface area contributed by atoms with Gasteiger partial charge in [0.2, 0.25) is 0 Å². The Labute approximate surface area is 125 Å². The van der Waals surface area contributed by atoms with Crippen molar-refractivity contribution in [3.63, 3.8) is 0 Å². The molecule has 1 aromatic heterocycles. The van der Waals surface area contributed by atoms with Crippen molar-refractivity contribution in [2.24, 2.45) is 7.05 Å². The van der Waals surface area contributed by atoms with Gasteiger partial charge in [-0.3, -0.25) is 14.4 Å². The number of carbonyl (C=O) groups excluding carboxylic acids is 1. The lowest BCUT2D eigenvalue weighted by molar-refractivity contribution is 0.0992. The van der Waals surface area contributed by atoms with Crippen molar-refractivity contribution in [2.75, 3.05) is 11.9 Å². The largest absolute Gasteiger partial charge is 0.294 e. The number of anilines is 1. The molecule has 1 heterocycles. The van der Waals surface area contributed by atoms with Crippen LogP contribution in [0.15, 0.2) is 28.9 Å². The molecule has 6 heteroatoms. The number of nitrogens with zero attached hydrogens (tertiary/aromatic N) is 3. The summed E-state index contributed by atoms with van der Waals surface area (Å²) < 4.78 is 2.46. The third-order valence-electron chi connectivity index (χ3n) is 2.80. The molecule has 0 saturated heterocycles. The van der Waals surface area contributed by atoms with Gasteiger partial charge in [-0.25, -0.2) is 0 Å². The van der Waals surface area contributed by atoms with Crippen LogP contribution in [0.5, 0.6) is 0 Å². The van der Waals surface area contributed by atoms with Crippen molar-refractivity contribution in [3.05, 3.63) is 45.0 Å². The van der Waals surface area contributed by atoms with Crippen LogP contribution < -0.4 is 4.90 Å². The number of amides is 1. The minimum atomic E-state index is -0.142. The zero-order chi connectivity index (χ0) is 14.2. The van der Waals surface area contributed by atoms with Crippen molar-refractivity contribution < 1.29 is 4.79 Å². The second-order valence-electron chi connectivity index (χ2n) is 4.30. The molecule has 0 aliphatic carbocycles. The van der Waals surface area contributed by atoms with E-state index in [1.54, 1.807) is 36.1 Å². The molecule has 2 aromatic rings. The van der Waals surface area contributed by atoms with Gasteiger partial charge >= 0.3 is 0 Å². The number of carbonyl (C=O) groups is 1. The molecule has 0 unspecified atom stereocenters. The summed E-state index contributed by atoms with van der Waals surface area (Å²) in [5.74, 6) is 0.459. The Morgan fingerprint density at radius 2 is 2.16 bits per heavy atom. The Morgan fingerprint density at radius 3 is 2.68 bits per heavy atom. The van der Waals surface area contributed by atoms with Gasteiger partial charge in [0.25, 0.3) is 5.91 Å². The van der Waals surface area contributed by atoms with Crippen molar-refractivity contribution >= 4 is 39.3 Å². The lowest BCUT2D eigenvalue weighted by atomic mass is 10.1. The predicted molar refractivity (Wildman–Crippen MR) is 79.8 cm³/mol. The van der Waals surface area contributed by atoms with Gasteiger partial charge in [0.1, 0.15) is 0 Å². The fraction of sp³-hybridized carbons (Fsp3) is 0.231. The van der Waals surface area contributed by atoms with E-state index in [4.69, 9.17) is 11.6 Å². The highest BCUT2D eigenvalue weighted by atomic mass is 79.9. The van der Waals surface area contributed by atoms with Crippen LogP contribution in [0.1, 0.15) is 15.9 Å². The standard InChI is InChI=1S/C13H13BrClN3O/c1-8-6-9(7-10(15)12(8)14)13(19)18(3)11-4-5-17(2)16-11/h4-7H,1-3H3. The summed E-state index contributed by atoms with van der Waals surface area (Å²) in [6, 6.07) is 5.24. The second kappa shape index (κ2) is 5.35. The molecule has 0 saturated carbocycles. The molecule has 0 radical (unpaired) electrons. The van der Waals surface area contributed by atoms with Gasteiger partial charge in [-0.1, -0.05) is 11.6 Å². The zero-order valence-corrected chi connectivity index (χ0v) is 13.2. The van der Waals surface area contributed by atoms with Crippen LogP contribution in [0.4, 0.5) is 5.82 Å². The number of benzene rings is 1. The topological polar surface area (TPSA) is 38.1 Å². The summed E-state index contributed by atoms with van der Waals surface area (Å²) in [7, 11) is 3.50. The molecule has 0 bridgehead atoms. The van der Waals surface area contributed by atoms with E-state index < -0.39 is 0 Å². The fourth-order valence-electron chi connectivity index (χ4n) is 1.73. The minimum absolute atomic E-state index is 0.142. The number of halogens is 2. The molecule has 0 aliphatic rings. The highest BCUT2D eigenvalue weighted by molar-refractivity contribution is 9.10. The van der Waals surface area contributed by atoms with Gasteiger partial charge in [0, 0.05) is 36.4 Å². The van der Waals surface area contributed by atoms with Gasteiger partial charge < -0.3 is 0 Å². The molecule has 100 valence electrons. The highest BCUT2D eigenvalue weighted by Gasteiger charge is 2.17. The smallest absolute Gasteiger partial charge is 0.259 e. The van der Waals surface area contributed by atoms with Gasteiger partial charge in [-0.05, 0) is 40.5 Å².